The molecule has 1 heterocycles. The molecule has 1 aromatic carbocycles. The molecule has 0 saturated carbocycles. The SMILES string of the molecule is CCCC1CCN(c2cc(Cl)ccc2CBr)CC1. The molecule has 1 saturated heterocycles. The van der Waals surface area contributed by atoms with Crippen molar-refractivity contribution in [2.75, 3.05) is 18.0 Å². The topological polar surface area (TPSA) is 3.24 Å². The molecule has 0 aromatic heterocycles. The summed E-state index contributed by atoms with van der Waals surface area (Å²) in [6.45, 7) is 4.63. The maximum Gasteiger partial charge on any atom is 0.0426 e. The minimum Gasteiger partial charge on any atom is -0.371 e. The molecule has 0 bridgehead atoms. The van der Waals surface area contributed by atoms with Crippen LogP contribution in [0.1, 0.15) is 38.2 Å². The Morgan fingerprint density at radius 2 is 2.06 bits per heavy atom. The normalized spacial score (nSPS) is 17.2. The van der Waals surface area contributed by atoms with Crippen LogP contribution in [0.25, 0.3) is 0 Å². The third-order valence-corrected chi connectivity index (χ3v) is 4.68. The van der Waals surface area contributed by atoms with Crippen molar-refractivity contribution < 1.29 is 0 Å². The molecule has 0 radical (unpaired) electrons. The number of hydrogen-bond acceptors (Lipinski definition) is 1. The van der Waals surface area contributed by atoms with Gasteiger partial charge in [0.1, 0.15) is 0 Å². The monoisotopic (exact) mass is 329 g/mol. The van der Waals surface area contributed by atoms with E-state index in [1.54, 1.807) is 0 Å². The first kappa shape index (κ1) is 14.2. The van der Waals surface area contributed by atoms with Crippen molar-refractivity contribution in [2.45, 2.75) is 37.9 Å². The quantitative estimate of drug-likeness (QED) is 0.681. The van der Waals surface area contributed by atoms with Crippen LogP contribution in [0, 0.1) is 5.92 Å². The summed E-state index contributed by atoms with van der Waals surface area (Å²) in [5.74, 6) is 0.929. The van der Waals surface area contributed by atoms with E-state index in [0.717, 1.165) is 16.3 Å². The molecule has 18 heavy (non-hydrogen) atoms. The van der Waals surface area contributed by atoms with Crippen LogP contribution >= 0.6 is 27.5 Å². The third kappa shape index (κ3) is 3.42. The predicted molar refractivity (Wildman–Crippen MR) is 83.9 cm³/mol. The lowest BCUT2D eigenvalue weighted by Crippen LogP contribution is -2.34. The van der Waals surface area contributed by atoms with Crippen LogP contribution in [0.3, 0.4) is 0 Å². The molecule has 1 aliphatic heterocycles. The third-order valence-electron chi connectivity index (χ3n) is 3.84. The number of halogens is 2. The summed E-state index contributed by atoms with van der Waals surface area (Å²) in [4.78, 5) is 2.49. The Morgan fingerprint density at radius 1 is 1.33 bits per heavy atom. The van der Waals surface area contributed by atoms with Crippen LogP contribution in [0.5, 0.6) is 0 Å². The van der Waals surface area contributed by atoms with Gasteiger partial charge in [0, 0.05) is 29.1 Å². The van der Waals surface area contributed by atoms with Crippen molar-refractivity contribution in [1.29, 1.82) is 0 Å². The Labute approximate surface area is 124 Å². The van der Waals surface area contributed by atoms with Gasteiger partial charge in [0.25, 0.3) is 0 Å². The summed E-state index contributed by atoms with van der Waals surface area (Å²) in [5.41, 5.74) is 2.66. The highest BCUT2D eigenvalue weighted by molar-refractivity contribution is 9.08. The standard InChI is InChI=1S/C15H21BrClN/c1-2-3-12-6-8-18(9-7-12)15-10-14(17)5-4-13(15)11-16/h4-5,10,12H,2-3,6-9,11H2,1H3. The van der Waals surface area contributed by atoms with Crippen LogP contribution in [-0.2, 0) is 5.33 Å². The predicted octanol–water partition coefficient (Wildman–Crippen LogP) is 5.25. The average Bonchev–Trinajstić information content (AvgIpc) is 2.40. The summed E-state index contributed by atoms with van der Waals surface area (Å²) in [5, 5.41) is 1.74. The van der Waals surface area contributed by atoms with Gasteiger partial charge in [-0.25, -0.2) is 0 Å². The van der Waals surface area contributed by atoms with Gasteiger partial charge >= 0.3 is 0 Å². The van der Waals surface area contributed by atoms with Gasteiger partial charge in [-0.15, -0.1) is 0 Å². The molecule has 0 amide bonds. The number of benzene rings is 1. The van der Waals surface area contributed by atoms with E-state index in [0.29, 0.717) is 0 Å². The van der Waals surface area contributed by atoms with Gasteiger partial charge in [0.15, 0.2) is 0 Å². The molecule has 1 nitrogen and oxygen atoms in total. The second-order valence-electron chi connectivity index (χ2n) is 5.13. The molecule has 1 aliphatic rings. The zero-order chi connectivity index (χ0) is 13.0. The summed E-state index contributed by atoms with van der Waals surface area (Å²) in [6, 6.07) is 6.22. The molecular weight excluding hydrogens is 310 g/mol. The molecule has 0 N–H and O–H groups in total. The summed E-state index contributed by atoms with van der Waals surface area (Å²) in [6.07, 6.45) is 5.34. The van der Waals surface area contributed by atoms with Crippen LogP contribution in [-0.4, -0.2) is 13.1 Å². The average molecular weight is 331 g/mol. The van der Waals surface area contributed by atoms with E-state index in [1.165, 1.54) is 50.0 Å². The highest BCUT2D eigenvalue weighted by Crippen LogP contribution is 2.31. The van der Waals surface area contributed by atoms with Crippen LogP contribution in [0.2, 0.25) is 5.02 Å². The maximum atomic E-state index is 6.13. The molecule has 0 atom stereocenters. The Hall–Kier alpha value is -0.210. The first-order chi connectivity index (χ1) is 8.74. The van der Waals surface area contributed by atoms with E-state index in [2.05, 4.69) is 39.9 Å². The van der Waals surface area contributed by atoms with E-state index >= 15 is 0 Å². The van der Waals surface area contributed by atoms with Crippen LogP contribution < -0.4 is 4.90 Å². The van der Waals surface area contributed by atoms with Gasteiger partial charge in [0.2, 0.25) is 0 Å². The van der Waals surface area contributed by atoms with Crippen molar-refractivity contribution in [3.63, 3.8) is 0 Å². The molecular formula is C15H21BrClN. The maximum absolute atomic E-state index is 6.13. The first-order valence-electron chi connectivity index (χ1n) is 6.84. The van der Waals surface area contributed by atoms with Gasteiger partial charge in [0.05, 0.1) is 0 Å². The Balaban J connectivity index is 2.06. The summed E-state index contributed by atoms with van der Waals surface area (Å²) < 4.78 is 0. The molecule has 0 aliphatic carbocycles. The zero-order valence-corrected chi connectivity index (χ0v) is 13.3. The second-order valence-corrected chi connectivity index (χ2v) is 6.12. The van der Waals surface area contributed by atoms with Crippen LogP contribution in [0.15, 0.2) is 18.2 Å². The fourth-order valence-electron chi connectivity index (χ4n) is 2.82. The molecule has 100 valence electrons. The summed E-state index contributed by atoms with van der Waals surface area (Å²) in [7, 11) is 0. The van der Waals surface area contributed by atoms with E-state index in [9.17, 15) is 0 Å². The van der Waals surface area contributed by atoms with Crippen molar-refractivity contribution in [3.8, 4) is 0 Å². The second kappa shape index (κ2) is 6.81. The van der Waals surface area contributed by atoms with E-state index < -0.39 is 0 Å². The first-order valence-corrected chi connectivity index (χ1v) is 8.34. The number of hydrogen-bond donors (Lipinski definition) is 0. The van der Waals surface area contributed by atoms with Crippen LogP contribution in [0.4, 0.5) is 5.69 Å². The lowest BCUT2D eigenvalue weighted by molar-refractivity contribution is 0.378. The van der Waals surface area contributed by atoms with Gasteiger partial charge in [-0.3, -0.25) is 0 Å². The highest BCUT2D eigenvalue weighted by Gasteiger charge is 2.20. The van der Waals surface area contributed by atoms with E-state index in [-0.39, 0.29) is 0 Å². The number of nitrogens with zero attached hydrogens (tertiary/aromatic N) is 1. The minimum absolute atomic E-state index is 0.838. The lowest BCUT2D eigenvalue weighted by Gasteiger charge is -2.34. The number of piperidine rings is 1. The molecule has 1 aromatic rings. The summed E-state index contributed by atoms with van der Waals surface area (Å²) >= 11 is 9.70. The van der Waals surface area contributed by atoms with Gasteiger partial charge < -0.3 is 4.90 Å². The fraction of sp³-hybridized carbons (Fsp3) is 0.600. The van der Waals surface area contributed by atoms with E-state index in [1.807, 2.05) is 6.07 Å². The van der Waals surface area contributed by atoms with Gasteiger partial charge in [-0.2, -0.15) is 0 Å². The molecule has 2 rings (SSSR count). The molecule has 3 heteroatoms. The lowest BCUT2D eigenvalue weighted by atomic mass is 9.92. The Kier molecular flexibility index (Phi) is 5.38. The Morgan fingerprint density at radius 3 is 2.67 bits per heavy atom. The van der Waals surface area contributed by atoms with Crippen molar-refractivity contribution >= 4 is 33.2 Å². The number of anilines is 1. The largest absolute Gasteiger partial charge is 0.371 e. The Bertz CT molecular complexity index is 386. The number of rotatable bonds is 4. The molecule has 0 spiro atoms. The van der Waals surface area contributed by atoms with Crippen molar-refractivity contribution in [1.82, 2.24) is 0 Å². The smallest absolute Gasteiger partial charge is 0.0426 e. The zero-order valence-electron chi connectivity index (χ0n) is 11.0. The van der Waals surface area contributed by atoms with Gasteiger partial charge in [-0.05, 0) is 36.5 Å². The number of alkyl halides is 1. The minimum atomic E-state index is 0.838. The molecule has 0 unspecified atom stereocenters. The van der Waals surface area contributed by atoms with Gasteiger partial charge in [-0.1, -0.05) is 53.4 Å². The fourth-order valence-corrected chi connectivity index (χ4v) is 3.46. The highest BCUT2D eigenvalue weighted by atomic mass is 79.9. The molecule has 1 fully saturated rings. The van der Waals surface area contributed by atoms with Crippen molar-refractivity contribution in [2.24, 2.45) is 5.92 Å². The van der Waals surface area contributed by atoms with E-state index in [4.69, 9.17) is 11.6 Å². The van der Waals surface area contributed by atoms with Crippen molar-refractivity contribution in [3.05, 3.63) is 28.8 Å².